The molecule has 0 spiro atoms. The minimum Gasteiger partial charge on any atom is -0.491 e. The molecule has 3 N–H and O–H groups in total. The molecule has 0 bridgehead atoms. The summed E-state index contributed by atoms with van der Waals surface area (Å²) >= 11 is 0. The van der Waals surface area contributed by atoms with Gasteiger partial charge in [0.05, 0.1) is 32.0 Å². The van der Waals surface area contributed by atoms with E-state index in [1.807, 2.05) is 48.5 Å². The SMILES string of the molecule is CCCCC(=C=CC[C@@H](O)c1cccc(OCCO)c1)C[C@@H](O)COCc1ccccc1. The number of rotatable bonds is 15. The summed E-state index contributed by atoms with van der Waals surface area (Å²) < 4.78 is 11.1. The lowest BCUT2D eigenvalue weighted by Crippen LogP contribution is -2.16. The van der Waals surface area contributed by atoms with Gasteiger partial charge in [0, 0.05) is 12.8 Å². The molecule has 32 heavy (non-hydrogen) atoms. The molecule has 0 heterocycles. The number of hydrogen-bond donors (Lipinski definition) is 3. The van der Waals surface area contributed by atoms with Gasteiger partial charge in [-0.3, -0.25) is 0 Å². The summed E-state index contributed by atoms with van der Waals surface area (Å²) in [6.45, 7) is 3.06. The van der Waals surface area contributed by atoms with Crippen molar-refractivity contribution in [1.82, 2.24) is 0 Å². The molecular weight excluding hydrogens is 404 g/mol. The Morgan fingerprint density at radius 1 is 1.09 bits per heavy atom. The van der Waals surface area contributed by atoms with Gasteiger partial charge in [0.15, 0.2) is 0 Å². The predicted molar refractivity (Wildman–Crippen MR) is 126 cm³/mol. The highest BCUT2D eigenvalue weighted by Gasteiger charge is 2.09. The summed E-state index contributed by atoms with van der Waals surface area (Å²) in [5.41, 5.74) is 6.17. The lowest BCUT2D eigenvalue weighted by Gasteiger charge is -2.13. The van der Waals surface area contributed by atoms with Crippen molar-refractivity contribution >= 4 is 0 Å². The van der Waals surface area contributed by atoms with Gasteiger partial charge in [-0.25, -0.2) is 0 Å². The van der Waals surface area contributed by atoms with Crippen LogP contribution in [0.25, 0.3) is 0 Å². The Kier molecular flexibility index (Phi) is 12.5. The highest BCUT2D eigenvalue weighted by molar-refractivity contribution is 5.30. The summed E-state index contributed by atoms with van der Waals surface area (Å²) in [4.78, 5) is 0. The zero-order valence-corrected chi connectivity index (χ0v) is 19.0. The largest absolute Gasteiger partial charge is 0.491 e. The molecule has 0 aliphatic carbocycles. The van der Waals surface area contributed by atoms with Crippen molar-refractivity contribution in [1.29, 1.82) is 0 Å². The second-order valence-corrected chi connectivity index (χ2v) is 7.81. The van der Waals surface area contributed by atoms with Crippen molar-refractivity contribution in [2.75, 3.05) is 19.8 Å². The molecule has 0 aromatic heterocycles. The standard InChI is InChI=1S/C27H36O5/c1-2-3-9-22(18-25(29)21-31-20-23-10-5-4-6-11-23)12-7-15-27(30)24-13-8-14-26(19-24)32-17-16-28/h4-8,10-11,13-14,19,25,27-30H,2-3,9,15-18,20-21H2,1H3/t12?,25-,27-/m1/s1. The van der Waals surface area contributed by atoms with Crippen LogP contribution in [-0.4, -0.2) is 41.2 Å². The quantitative estimate of drug-likeness (QED) is 0.349. The molecule has 2 aromatic carbocycles. The van der Waals surface area contributed by atoms with Gasteiger partial charge < -0.3 is 24.8 Å². The van der Waals surface area contributed by atoms with Crippen molar-refractivity contribution in [2.45, 2.75) is 57.8 Å². The van der Waals surface area contributed by atoms with Crippen LogP contribution >= 0.6 is 0 Å². The molecule has 5 nitrogen and oxygen atoms in total. The minimum absolute atomic E-state index is 0.0516. The van der Waals surface area contributed by atoms with Gasteiger partial charge in [0.25, 0.3) is 0 Å². The Morgan fingerprint density at radius 2 is 1.91 bits per heavy atom. The van der Waals surface area contributed by atoms with Crippen LogP contribution in [0.4, 0.5) is 0 Å². The maximum atomic E-state index is 10.5. The molecular formula is C27H36O5. The average molecular weight is 441 g/mol. The first kappa shape index (κ1) is 25.9. The lowest BCUT2D eigenvalue weighted by atomic mass is 10.0. The van der Waals surface area contributed by atoms with E-state index in [-0.39, 0.29) is 19.8 Å². The van der Waals surface area contributed by atoms with E-state index >= 15 is 0 Å². The first-order chi connectivity index (χ1) is 15.6. The summed E-state index contributed by atoms with van der Waals surface area (Å²) in [5.74, 6) is 0.623. The van der Waals surface area contributed by atoms with Crippen LogP contribution < -0.4 is 4.74 Å². The normalized spacial score (nSPS) is 12.6. The zero-order chi connectivity index (χ0) is 23.0. The third kappa shape index (κ3) is 10.3. The van der Waals surface area contributed by atoms with Crippen molar-refractivity contribution in [3.8, 4) is 5.75 Å². The number of benzene rings is 2. The molecule has 0 unspecified atom stereocenters. The van der Waals surface area contributed by atoms with Gasteiger partial charge >= 0.3 is 0 Å². The highest BCUT2D eigenvalue weighted by Crippen LogP contribution is 2.22. The molecule has 0 saturated heterocycles. The second-order valence-electron chi connectivity index (χ2n) is 7.81. The number of unbranched alkanes of at least 4 members (excludes halogenated alkanes) is 1. The van der Waals surface area contributed by atoms with Crippen LogP contribution in [-0.2, 0) is 11.3 Å². The van der Waals surface area contributed by atoms with E-state index in [1.54, 1.807) is 12.1 Å². The Morgan fingerprint density at radius 3 is 2.66 bits per heavy atom. The number of aliphatic hydroxyl groups excluding tert-OH is 3. The van der Waals surface area contributed by atoms with E-state index in [0.717, 1.165) is 36.0 Å². The molecule has 0 saturated carbocycles. The van der Waals surface area contributed by atoms with Crippen molar-refractivity contribution in [3.05, 3.63) is 83.1 Å². The van der Waals surface area contributed by atoms with Crippen molar-refractivity contribution in [2.24, 2.45) is 0 Å². The fraction of sp³-hybridized carbons (Fsp3) is 0.444. The molecule has 0 aliphatic rings. The van der Waals surface area contributed by atoms with Gasteiger partial charge in [-0.05, 0) is 47.8 Å². The van der Waals surface area contributed by atoms with Gasteiger partial charge in [-0.15, -0.1) is 5.73 Å². The molecule has 2 atom stereocenters. The Bertz CT molecular complexity index is 827. The zero-order valence-electron chi connectivity index (χ0n) is 19.0. The highest BCUT2D eigenvalue weighted by atomic mass is 16.5. The smallest absolute Gasteiger partial charge is 0.119 e. The Labute approximate surface area is 191 Å². The van der Waals surface area contributed by atoms with Crippen LogP contribution in [0.1, 0.15) is 56.3 Å². The van der Waals surface area contributed by atoms with E-state index in [9.17, 15) is 10.2 Å². The van der Waals surface area contributed by atoms with E-state index in [1.165, 1.54) is 0 Å². The van der Waals surface area contributed by atoms with Gasteiger partial charge in [-0.2, -0.15) is 0 Å². The van der Waals surface area contributed by atoms with Gasteiger partial charge in [0.1, 0.15) is 12.4 Å². The minimum atomic E-state index is -0.674. The molecule has 0 radical (unpaired) electrons. The van der Waals surface area contributed by atoms with E-state index in [4.69, 9.17) is 14.6 Å². The van der Waals surface area contributed by atoms with Crippen molar-refractivity contribution in [3.63, 3.8) is 0 Å². The number of ether oxygens (including phenoxy) is 2. The maximum Gasteiger partial charge on any atom is 0.119 e. The summed E-state index contributed by atoms with van der Waals surface area (Å²) in [6, 6.07) is 17.2. The fourth-order valence-corrected chi connectivity index (χ4v) is 3.28. The van der Waals surface area contributed by atoms with Crippen LogP contribution in [0.5, 0.6) is 5.75 Å². The molecule has 2 rings (SSSR count). The fourth-order valence-electron chi connectivity index (χ4n) is 3.28. The predicted octanol–water partition coefficient (Wildman–Crippen LogP) is 4.72. The third-order valence-electron chi connectivity index (χ3n) is 4.99. The molecule has 2 aromatic rings. The van der Waals surface area contributed by atoms with Crippen molar-refractivity contribution < 1.29 is 24.8 Å². The lowest BCUT2D eigenvalue weighted by molar-refractivity contribution is 0.0285. The summed E-state index contributed by atoms with van der Waals surface area (Å²) in [7, 11) is 0. The van der Waals surface area contributed by atoms with E-state index in [2.05, 4.69) is 12.7 Å². The topological polar surface area (TPSA) is 79.2 Å². The van der Waals surface area contributed by atoms with Crippen LogP contribution in [0.3, 0.4) is 0 Å². The van der Waals surface area contributed by atoms with E-state index < -0.39 is 12.2 Å². The Hall–Kier alpha value is -2.40. The summed E-state index contributed by atoms with van der Waals surface area (Å²) in [5, 5.41) is 29.8. The molecule has 0 amide bonds. The maximum absolute atomic E-state index is 10.5. The molecule has 174 valence electrons. The molecule has 5 heteroatoms. The first-order valence-electron chi connectivity index (χ1n) is 11.4. The van der Waals surface area contributed by atoms with Crippen LogP contribution in [0.2, 0.25) is 0 Å². The monoisotopic (exact) mass is 440 g/mol. The summed E-state index contributed by atoms with van der Waals surface area (Å²) in [6.07, 6.45) is 4.46. The molecule has 0 fully saturated rings. The van der Waals surface area contributed by atoms with Crippen LogP contribution in [0.15, 0.2) is 72.0 Å². The number of aliphatic hydroxyl groups is 3. The van der Waals surface area contributed by atoms with Gasteiger partial charge in [-0.1, -0.05) is 55.8 Å². The molecule has 0 aliphatic heterocycles. The first-order valence-corrected chi connectivity index (χ1v) is 11.4. The van der Waals surface area contributed by atoms with Crippen LogP contribution in [0, 0.1) is 0 Å². The second kappa shape index (κ2) is 15.4. The average Bonchev–Trinajstić information content (AvgIpc) is 2.81. The Balaban J connectivity index is 1.89. The van der Waals surface area contributed by atoms with E-state index in [0.29, 0.717) is 25.2 Å². The third-order valence-corrected chi connectivity index (χ3v) is 4.99. The number of hydrogen-bond acceptors (Lipinski definition) is 5. The van der Waals surface area contributed by atoms with Gasteiger partial charge in [0.2, 0.25) is 0 Å².